The molecule has 3 aromatic carbocycles. The molecule has 1 N–H and O–H groups in total. The van der Waals surface area contributed by atoms with Crippen LogP contribution >= 0.6 is 11.8 Å². The predicted molar refractivity (Wildman–Crippen MR) is 151 cm³/mol. The number of amidine groups is 1. The number of nitrogens with one attached hydrogen (secondary N) is 1. The van der Waals surface area contributed by atoms with Crippen molar-refractivity contribution in [3.05, 3.63) is 83.9 Å². The molecule has 1 aliphatic rings. The molecule has 1 saturated heterocycles. The number of nitrogens with zero attached hydrogens (tertiary/aromatic N) is 2. The third-order valence-electron chi connectivity index (χ3n) is 5.89. The minimum absolute atomic E-state index is 0.0175. The van der Waals surface area contributed by atoms with Crippen molar-refractivity contribution >= 4 is 46.1 Å². The Labute approximate surface area is 231 Å². The SMILES string of the molecule is CCOC(=O)c1ccc(N=C2SC(C(=O)Nc3ccc(OC)cc3)CC(=O)N2Cc2ccc(OC)cc2)cc1. The van der Waals surface area contributed by atoms with Gasteiger partial charge in [0.1, 0.15) is 16.7 Å². The van der Waals surface area contributed by atoms with E-state index in [1.54, 1.807) is 74.6 Å². The predicted octanol–water partition coefficient (Wildman–Crippen LogP) is 5.04. The van der Waals surface area contributed by atoms with E-state index in [0.717, 1.165) is 5.56 Å². The fourth-order valence-corrected chi connectivity index (χ4v) is 4.90. The van der Waals surface area contributed by atoms with Crippen molar-refractivity contribution in [1.82, 2.24) is 4.90 Å². The van der Waals surface area contributed by atoms with Crippen LogP contribution in [0.2, 0.25) is 0 Å². The first kappa shape index (κ1) is 27.7. The first-order valence-electron chi connectivity index (χ1n) is 12.3. The van der Waals surface area contributed by atoms with Gasteiger partial charge in [-0.15, -0.1) is 0 Å². The number of methoxy groups -OCH3 is 2. The number of anilines is 1. The summed E-state index contributed by atoms with van der Waals surface area (Å²) < 4.78 is 15.4. The van der Waals surface area contributed by atoms with E-state index in [1.807, 2.05) is 24.3 Å². The van der Waals surface area contributed by atoms with Crippen molar-refractivity contribution in [2.75, 3.05) is 26.1 Å². The van der Waals surface area contributed by atoms with Gasteiger partial charge in [0.15, 0.2) is 5.17 Å². The van der Waals surface area contributed by atoms with E-state index in [0.29, 0.717) is 33.6 Å². The van der Waals surface area contributed by atoms with Crippen molar-refractivity contribution in [2.45, 2.75) is 25.1 Å². The fourth-order valence-electron chi connectivity index (χ4n) is 3.80. The van der Waals surface area contributed by atoms with Gasteiger partial charge in [0, 0.05) is 12.1 Å². The van der Waals surface area contributed by atoms with Crippen LogP contribution in [0.3, 0.4) is 0 Å². The van der Waals surface area contributed by atoms with Crippen molar-refractivity contribution < 1.29 is 28.6 Å². The van der Waals surface area contributed by atoms with Crippen LogP contribution in [0.1, 0.15) is 29.3 Å². The first-order chi connectivity index (χ1) is 18.9. The summed E-state index contributed by atoms with van der Waals surface area (Å²) in [5, 5.41) is 2.58. The average Bonchev–Trinajstić information content (AvgIpc) is 2.96. The molecule has 0 aromatic heterocycles. The molecule has 10 heteroatoms. The van der Waals surface area contributed by atoms with Crippen LogP contribution in [-0.2, 0) is 20.9 Å². The monoisotopic (exact) mass is 547 g/mol. The quantitative estimate of drug-likeness (QED) is 0.374. The van der Waals surface area contributed by atoms with Crippen LogP contribution < -0.4 is 14.8 Å². The second-order valence-electron chi connectivity index (χ2n) is 8.52. The zero-order valence-corrected chi connectivity index (χ0v) is 22.7. The lowest BCUT2D eigenvalue weighted by Gasteiger charge is -2.32. The van der Waals surface area contributed by atoms with E-state index >= 15 is 0 Å². The maximum atomic E-state index is 13.3. The molecule has 0 saturated carbocycles. The third kappa shape index (κ3) is 7.17. The number of ether oxygens (including phenoxy) is 3. The zero-order valence-electron chi connectivity index (χ0n) is 21.9. The molecule has 0 aliphatic carbocycles. The molecule has 1 heterocycles. The lowest BCUT2D eigenvalue weighted by molar-refractivity contribution is -0.129. The second kappa shape index (κ2) is 13.0. The maximum absolute atomic E-state index is 13.3. The topological polar surface area (TPSA) is 107 Å². The number of carbonyl (C=O) groups excluding carboxylic acids is 3. The number of thioether (sulfide) groups is 1. The van der Waals surface area contributed by atoms with Crippen molar-refractivity contribution in [2.24, 2.45) is 4.99 Å². The number of carbonyl (C=O) groups is 3. The van der Waals surface area contributed by atoms with E-state index < -0.39 is 11.2 Å². The molecular formula is C29H29N3O6S. The van der Waals surface area contributed by atoms with Gasteiger partial charge in [-0.2, -0.15) is 0 Å². The number of amides is 2. The van der Waals surface area contributed by atoms with Gasteiger partial charge in [-0.25, -0.2) is 9.79 Å². The Morgan fingerprint density at radius 1 is 0.949 bits per heavy atom. The third-order valence-corrected chi connectivity index (χ3v) is 7.08. The molecule has 202 valence electrons. The summed E-state index contributed by atoms with van der Waals surface area (Å²) >= 11 is 1.22. The van der Waals surface area contributed by atoms with E-state index in [9.17, 15) is 14.4 Å². The van der Waals surface area contributed by atoms with E-state index in [2.05, 4.69) is 5.32 Å². The standard InChI is InChI=1S/C29H29N3O6S/c1-4-38-28(35)20-7-9-22(10-8-20)31-29-32(18-19-5-13-23(36-2)14-6-19)26(33)17-25(39-29)27(34)30-21-11-15-24(37-3)16-12-21/h5-16,25H,4,17-18H2,1-3H3,(H,30,34). The molecule has 1 unspecified atom stereocenters. The van der Waals surface area contributed by atoms with Gasteiger partial charge in [0.05, 0.1) is 38.6 Å². The molecular weight excluding hydrogens is 518 g/mol. The number of rotatable bonds is 9. The Morgan fingerprint density at radius 2 is 1.56 bits per heavy atom. The summed E-state index contributed by atoms with van der Waals surface area (Å²) in [6.07, 6.45) is 0.0175. The highest BCUT2D eigenvalue weighted by Gasteiger charge is 2.36. The summed E-state index contributed by atoms with van der Waals surface area (Å²) in [5.74, 6) is 0.446. The van der Waals surface area contributed by atoms with Crippen LogP contribution in [0, 0.1) is 0 Å². The largest absolute Gasteiger partial charge is 0.497 e. The first-order valence-corrected chi connectivity index (χ1v) is 13.2. The van der Waals surface area contributed by atoms with Gasteiger partial charge in [-0.1, -0.05) is 23.9 Å². The van der Waals surface area contributed by atoms with E-state index in [4.69, 9.17) is 19.2 Å². The highest BCUT2D eigenvalue weighted by atomic mass is 32.2. The molecule has 1 atom stereocenters. The van der Waals surface area contributed by atoms with Gasteiger partial charge in [-0.3, -0.25) is 14.5 Å². The minimum atomic E-state index is -0.677. The van der Waals surface area contributed by atoms with Gasteiger partial charge in [0.2, 0.25) is 11.8 Å². The molecule has 1 fully saturated rings. The minimum Gasteiger partial charge on any atom is -0.497 e. The number of esters is 1. The number of hydrogen-bond acceptors (Lipinski definition) is 8. The van der Waals surface area contributed by atoms with E-state index in [-0.39, 0.29) is 31.4 Å². The van der Waals surface area contributed by atoms with Crippen LogP contribution in [-0.4, -0.2) is 53.9 Å². The average molecular weight is 548 g/mol. The van der Waals surface area contributed by atoms with Crippen LogP contribution in [0.5, 0.6) is 11.5 Å². The summed E-state index contributed by atoms with van der Waals surface area (Å²) in [7, 11) is 3.16. The van der Waals surface area contributed by atoms with Crippen LogP contribution in [0.25, 0.3) is 0 Å². The van der Waals surface area contributed by atoms with Crippen molar-refractivity contribution in [1.29, 1.82) is 0 Å². The molecule has 0 spiro atoms. The zero-order chi connectivity index (χ0) is 27.8. The highest BCUT2D eigenvalue weighted by Crippen LogP contribution is 2.31. The normalized spacial score (nSPS) is 16.1. The fraction of sp³-hybridized carbons (Fsp3) is 0.241. The molecule has 2 amide bonds. The lowest BCUT2D eigenvalue weighted by Crippen LogP contribution is -2.44. The summed E-state index contributed by atoms with van der Waals surface area (Å²) in [6.45, 7) is 2.30. The van der Waals surface area contributed by atoms with Crippen molar-refractivity contribution in [3.63, 3.8) is 0 Å². The Kier molecular flexibility index (Phi) is 9.22. The highest BCUT2D eigenvalue weighted by molar-refractivity contribution is 8.15. The number of hydrogen-bond donors (Lipinski definition) is 1. The molecule has 0 bridgehead atoms. The lowest BCUT2D eigenvalue weighted by atomic mass is 10.2. The molecule has 9 nitrogen and oxygen atoms in total. The van der Waals surface area contributed by atoms with Gasteiger partial charge >= 0.3 is 5.97 Å². The Morgan fingerprint density at radius 3 is 2.15 bits per heavy atom. The Balaban J connectivity index is 1.58. The second-order valence-corrected chi connectivity index (χ2v) is 9.69. The number of aliphatic imine (C=N–C) groups is 1. The van der Waals surface area contributed by atoms with E-state index in [1.165, 1.54) is 11.8 Å². The summed E-state index contributed by atoms with van der Waals surface area (Å²) in [4.78, 5) is 44.8. The van der Waals surface area contributed by atoms with Crippen LogP contribution in [0.4, 0.5) is 11.4 Å². The Hall–Kier alpha value is -4.31. The van der Waals surface area contributed by atoms with Crippen molar-refractivity contribution in [3.8, 4) is 11.5 Å². The number of benzene rings is 3. The molecule has 3 aromatic rings. The smallest absolute Gasteiger partial charge is 0.338 e. The van der Waals surface area contributed by atoms with Gasteiger partial charge in [0.25, 0.3) is 0 Å². The molecule has 1 aliphatic heterocycles. The van der Waals surface area contributed by atoms with Gasteiger partial charge < -0.3 is 19.5 Å². The Bertz CT molecular complexity index is 1340. The molecule has 4 rings (SSSR count). The van der Waals surface area contributed by atoms with Gasteiger partial charge in [-0.05, 0) is 73.2 Å². The summed E-state index contributed by atoms with van der Waals surface area (Å²) in [6, 6.07) is 21.0. The maximum Gasteiger partial charge on any atom is 0.338 e. The van der Waals surface area contributed by atoms with Crippen LogP contribution in [0.15, 0.2) is 77.8 Å². The molecule has 39 heavy (non-hydrogen) atoms. The summed E-state index contributed by atoms with van der Waals surface area (Å²) in [5.41, 5.74) is 2.42. The molecule has 0 radical (unpaired) electrons.